The highest BCUT2D eigenvalue weighted by molar-refractivity contribution is 6.17. The van der Waals surface area contributed by atoms with Crippen LogP contribution in [0.4, 0.5) is 0 Å². The zero-order chi connectivity index (χ0) is 41.4. The van der Waals surface area contributed by atoms with Crippen LogP contribution in [0.15, 0.2) is 215 Å². The molecular formula is C57H34N4O2. The third kappa shape index (κ3) is 5.69. The van der Waals surface area contributed by atoms with Gasteiger partial charge in [-0.3, -0.25) is 0 Å². The Labute approximate surface area is 361 Å². The minimum atomic E-state index is 0.573. The molecule has 0 spiro atoms. The molecule has 0 saturated heterocycles. The number of furan rings is 2. The number of para-hydroxylation sites is 3. The summed E-state index contributed by atoms with van der Waals surface area (Å²) in [7, 11) is 0. The summed E-state index contributed by atoms with van der Waals surface area (Å²) >= 11 is 0. The lowest BCUT2D eigenvalue weighted by molar-refractivity contribution is 0.666. The largest absolute Gasteiger partial charge is 0.456 e. The van der Waals surface area contributed by atoms with Gasteiger partial charge in [0.05, 0.1) is 16.7 Å². The first kappa shape index (κ1) is 35.2. The van der Waals surface area contributed by atoms with Crippen LogP contribution in [0.5, 0.6) is 0 Å². The van der Waals surface area contributed by atoms with E-state index in [1.807, 2.05) is 78.9 Å². The SMILES string of the molecule is c1ccc(-c2cc(-c3nc(-c4ccccc4)nc(-c4ccccc4)n3)c3c(c2)oc2c(-n4c5ccccc5c5cc(-c6ccc7c(c6)oc6ccccc67)ccc54)cccc23)cc1. The van der Waals surface area contributed by atoms with Gasteiger partial charge in [-0.25, -0.2) is 15.0 Å². The molecule has 0 atom stereocenters. The number of hydrogen-bond acceptors (Lipinski definition) is 5. The lowest BCUT2D eigenvalue weighted by Gasteiger charge is -2.11. The molecule has 63 heavy (non-hydrogen) atoms. The van der Waals surface area contributed by atoms with Gasteiger partial charge in [0.1, 0.15) is 16.7 Å². The highest BCUT2D eigenvalue weighted by atomic mass is 16.3. The highest BCUT2D eigenvalue weighted by Crippen LogP contribution is 2.44. The highest BCUT2D eigenvalue weighted by Gasteiger charge is 2.23. The molecule has 13 aromatic rings. The molecule has 0 aliphatic carbocycles. The van der Waals surface area contributed by atoms with Crippen LogP contribution in [0.25, 0.3) is 128 Å². The molecule has 294 valence electrons. The molecule has 13 rings (SSSR count). The zero-order valence-electron chi connectivity index (χ0n) is 33.7. The molecule has 0 aliphatic rings. The summed E-state index contributed by atoms with van der Waals surface area (Å²) in [6.07, 6.45) is 0. The van der Waals surface area contributed by atoms with Crippen molar-refractivity contribution >= 4 is 65.7 Å². The molecule has 0 amide bonds. The third-order valence-electron chi connectivity index (χ3n) is 12.3. The zero-order valence-corrected chi connectivity index (χ0v) is 33.7. The van der Waals surface area contributed by atoms with Crippen LogP contribution in [0.2, 0.25) is 0 Å². The molecule has 0 bridgehead atoms. The van der Waals surface area contributed by atoms with E-state index in [0.29, 0.717) is 17.5 Å². The van der Waals surface area contributed by atoms with Crippen LogP contribution in [0.1, 0.15) is 0 Å². The van der Waals surface area contributed by atoms with E-state index in [4.69, 9.17) is 23.8 Å². The number of hydrogen-bond donors (Lipinski definition) is 0. The summed E-state index contributed by atoms with van der Waals surface area (Å²) in [5, 5.41) is 6.48. The van der Waals surface area contributed by atoms with Crippen molar-refractivity contribution in [2.75, 3.05) is 0 Å². The molecule has 6 nitrogen and oxygen atoms in total. The number of benzene rings is 9. The van der Waals surface area contributed by atoms with Crippen molar-refractivity contribution in [3.8, 4) is 62.1 Å². The van der Waals surface area contributed by atoms with Crippen molar-refractivity contribution in [2.45, 2.75) is 0 Å². The molecule has 4 aromatic heterocycles. The van der Waals surface area contributed by atoms with Gasteiger partial charge in [-0.05, 0) is 76.9 Å². The quantitative estimate of drug-likeness (QED) is 0.167. The maximum Gasteiger partial charge on any atom is 0.164 e. The summed E-state index contributed by atoms with van der Waals surface area (Å²) in [6, 6.07) is 71.5. The molecule has 0 N–H and O–H groups in total. The molecule has 0 fully saturated rings. The average molecular weight is 807 g/mol. The van der Waals surface area contributed by atoms with Gasteiger partial charge >= 0.3 is 0 Å². The van der Waals surface area contributed by atoms with Crippen LogP contribution in [-0.2, 0) is 0 Å². The summed E-state index contributed by atoms with van der Waals surface area (Å²) in [5.41, 5.74) is 13.4. The van der Waals surface area contributed by atoms with Crippen LogP contribution in [0, 0.1) is 0 Å². The number of rotatable bonds is 6. The van der Waals surface area contributed by atoms with Gasteiger partial charge in [0.25, 0.3) is 0 Å². The molecule has 4 heterocycles. The summed E-state index contributed by atoms with van der Waals surface area (Å²) < 4.78 is 15.7. The van der Waals surface area contributed by atoms with Gasteiger partial charge < -0.3 is 13.4 Å². The van der Waals surface area contributed by atoms with E-state index in [2.05, 4.69) is 132 Å². The van der Waals surface area contributed by atoms with Gasteiger partial charge in [0, 0.05) is 49.0 Å². The summed E-state index contributed by atoms with van der Waals surface area (Å²) in [6.45, 7) is 0. The normalized spacial score (nSPS) is 11.8. The second-order valence-corrected chi connectivity index (χ2v) is 16.0. The predicted octanol–water partition coefficient (Wildman–Crippen LogP) is 15.1. The van der Waals surface area contributed by atoms with E-state index in [1.165, 1.54) is 0 Å². The topological polar surface area (TPSA) is 69.9 Å². The predicted molar refractivity (Wildman–Crippen MR) is 256 cm³/mol. The third-order valence-corrected chi connectivity index (χ3v) is 12.3. The van der Waals surface area contributed by atoms with Crippen LogP contribution < -0.4 is 0 Å². The monoisotopic (exact) mass is 806 g/mol. The lowest BCUT2D eigenvalue weighted by Crippen LogP contribution is -2.00. The van der Waals surface area contributed by atoms with E-state index < -0.39 is 0 Å². The number of fused-ring (bicyclic) bond motifs is 9. The number of aromatic nitrogens is 4. The van der Waals surface area contributed by atoms with Crippen molar-refractivity contribution in [1.29, 1.82) is 0 Å². The minimum Gasteiger partial charge on any atom is -0.456 e. The van der Waals surface area contributed by atoms with Gasteiger partial charge in [-0.1, -0.05) is 152 Å². The van der Waals surface area contributed by atoms with E-state index in [9.17, 15) is 0 Å². The van der Waals surface area contributed by atoms with Crippen molar-refractivity contribution in [1.82, 2.24) is 19.5 Å². The first-order chi connectivity index (χ1) is 31.2. The smallest absolute Gasteiger partial charge is 0.164 e. The fourth-order valence-electron chi connectivity index (χ4n) is 9.31. The number of nitrogens with zero attached hydrogens (tertiary/aromatic N) is 4. The Bertz CT molecular complexity index is 3850. The van der Waals surface area contributed by atoms with E-state index >= 15 is 0 Å². The van der Waals surface area contributed by atoms with Crippen molar-refractivity contribution in [3.63, 3.8) is 0 Å². The Balaban J connectivity index is 1.04. The molecular weight excluding hydrogens is 773 g/mol. The minimum absolute atomic E-state index is 0.573. The fraction of sp³-hybridized carbons (Fsp3) is 0. The Hall–Kier alpha value is -8.61. The van der Waals surface area contributed by atoms with E-state index in [1.54, 1.807) is 0 Å². The first-order valence-electron chi connectivity index (χ1n) is 21.1. The van der Waals surface area contributed by atoms with Crippen LogP contribution in [-0.4, -0.2) is 19.5 Å². The standard InChI is InChI=1S/C57H34N4O2/c1-4-15-35(16-5-1)40-32-46(57-59-55(36-17-6-2-7-18-36)58-56(60-57)37-19-8-3-9-20-37)53-44-23-14-25-49(54(44)63-52(53)34-40)61-47-24-12-10-21-41(47)45-31-38(28-30-48(45)61)39-27-29-43-42-22-11-13-26-50(42)62-51(43)33-39/h1-34H. The Kier molecular flexibility index (Phi) is 7.80. The van der Waals surface area contributed by atoms with E-state index in [0.717, 1.165) is 110 Å². The Morgan fingerprint density at radius 1 is 0.317 bits per heavy atom. The molecule has 0 radical (unpaired) electrons. The van der Waals surface area contributed by atoms with Crippen molar-refractivity contribution in [2.24, 2.45) is 0 Å². The summed E-state index contributed by atoms with van der Waals surface area (Å²) in [4.78, 5) is 15.4. The maximum atomic E-state index is 7.12. The Morgan fingerprint density at radius 3 is 1.65 bits per heavy atom. The second kappa shape index (κ2) is 14.0. The summed E-state index contributed by atoms with van der Waals surface area (Å²) in [5.74, 6) is 1.78. The fourth-order valence-corrected chi connectivity index (χ4v) is 9.31. The van der Waals surface area contributed by atoms with Crippen LogP contribution in [0.3, 0.4) is 0 Å². The van der Waals surface area contributed by atoms with Gasteiger partial charge in [0.2, 0.25) is 0 Å². The molecule has 6 heteroatoms. The van der Waals surface area contributed by atoms with Gasteiger partial charge in [-0.15, -0.1) is 0 Å². The molecule has 0 saturated carbocycles. The molecule has 9 aromatic carbocycles. The van der Waals surface area contributed by atoms with Gasteiger partial charge in [0.15, 0.2) is 23.1 Å². The van der Waals surface area contributed by atoms with Crippen LogP contribution >= 0.6 is 0 Å². The average Bonchev–Trinajstić information content (AvgIpc) is 4.03. The van der Waals surface area contributed by atoms with E-state index in [-0.39, 0.29) is 0 Å². The lowest BCUT2D eigenvalue weighted by atomic mass is 9.98. The first-order valence-corrected chi connectivity index (χ1v) is 21.1. The molecule has 0 unspecified atom stereocenters. The maximum absolute atomic E-state index is 7.12. The Morgan fingerprint density at radius 2 is 0.889 bits per heavy atom. The second-order valence-electron chi connectivity index (χ2n) is 16.0. The van der Waals surface area contributed by atoms with Crippen molar-refractivity contribution in [3.05, 3.63) is 206 Å². The van der Waals surface area contributed by atoms with Gasteiger partial charge in [-0.2, -0.15) is 0 Å². The van der Waals surface area contributed by atoms with Crippen molar-refractivity contribution < 1.29 is 8.83 Å². The molecule has 0 aliphatic heterocycles.